The summed E-state index contributed by atoms with van der Waals surface area (Å²) in [5.74, 6) is 0.581. The van der Waals surface area contributed by atoms with Gasteiger partial charge in [0.05, 0.1) is 0 Å². The minimum absolute atomic E-state index is 0.581. The number of rotatable bonds is 4. The maximum Gasteiger partial charge on any atom is -0.00872 e. The zero-order valence-corrected chi connectivity index (χ0v) is 10.6. The molecule has 0 heteroatoms. The summed E-state index contributed by atoms with van der Waals surface area (Å²) in [6.07, 6.45) is 3.41. The van der Waals surface area contributed by atoms with Crippen LogP contribution in [0.4, 0.5) is 0 Å². The molecule has 0 N–H and O–H groups in total. The second kappa shape index (κ2) is 5.67. The van der Waals surface area contributed by atoms with Crippen molar-refractivity contribution in [3.63, 3.8) is 0 Å². The summed E-state index contributed by atoms with van der Waals surface area (Å²) in [6.45, 7) is 4.40. The Hall–Kier alpha value is -1.56. The lowest BCUT2D eigenvalue weighted by Crippen LogP contribution is -1.94. The van der Waals surface area contributed by atoms with Gasteiger partial charge in [0.15, 0.2) is 0 Å². The van der Waals surface area contributed by atoms with Gasteiger partial charge in [-0.05, 0) is 36.8 Å². The smallest absolute Gasteiger partial charge is 0.00872 e. The van der Waals surface area contributed by atoms with Crippen LogP contribution in [0.15, 0.2) is 54.6 Å². The van der Waals surface area contributed by atoms with Crippen LogP contribution in [0.2, 0.25) is 0 Å². The van der Waals surface area contributed by atoms with E-state index in [9.17, 15) is 0 Å². The predicted molar refractivity (Wildman–Crippen MR) is 74.1 cm³/mol. The number of hydrogen-bond donors (Lipinski definition) is 0. The molecule has 0 nitrogen and oxygen atoms in total. The number of hydrogen-bond acceptors (Lipinski definition) is 0. The van der Waals surface area contributed by atoms with Crippen LogP contribution < -0.4 is 0 Å². The minimum atomic E-state index is 0.581. The topological polar surface area (TPSA) is 0 Å². The molecular formula is C17H19. The van der Waals surface area contributed by atoms with E-state index < -0.39 is 0 Å². The highest BCUT2D eigenvalue weighted by Gasteiger charge is 2.05. The molecule has 0 bridgehead atoms. The van der Waals surface area contributed by atoms with Gasteiger partial charge in [0, 0.05) is 0 Å². The fraction of sp³-hybridized carbons (Fsp3) is 0.235. The van der Waals surface area contributed by atoms with Crippen LogP contribution in [0.5, 0.6) is 0 Å². The molecule has 1 atom stereocenters. The van der Waals surface area contributed by atoms with Crippen molar-refractivity contribution in [1.82, 2.24) is 0 Å². The van der Waals surface area contributed by atoms with Gasteiger partial charge in [0.2, 0.25) is 0 Å². The molecule has 0 aliphatic rings. The molecule has 0 fully saturated rings. The first kappa shape index (κ1) is 11.9. The summed E-state index contributed by atoms with van der Waals surface area (Å²) in [7, 11) is 0. The third kappa shape index (κ3) is 3.45. The van der Waals surface area contributed by atoms with Gasteiger partial charge >= 0.3 is 0 Å². The molecule has 0 amide bonds. The first-order valence-electron chi connectivity index (χ1n) is 6.20. The van der Waals surface area contributed by atoms with E-state index in [4.69, 9.17) is 0 Å². The van der Waals surface area contributed by atoms with Crippen molar-refractivity contribution in [3.8, 4) is 0 Å². The van der Waals surface area contributed by atoms with Crippen molar-refractivity contribution in [2.24, 2.45) is 0 Å². The minimum Gasteiger partial charge on any atom is -0.0622 e. The van der Waals surface area contributed by atoms with Crippen LogP contribution in [0.3, 0.4) is 0 Å². The van der Waals surface area contributed by atoms with Crippen LogP contribution in [-0.2, 0) is 0 Å². The molecule has 2 aromatic rings. The van der Waals surface area contributed by atoms with E-state index >= 15 is 0 Å². The Morgan fingerprint density at radius 3 is 2.24 bits per heavy atom. The fourth-order valence-corrected chi connectivity index (χ4v) is 1.93. The van der Waals surface area contributed by atoms with E-state index in [1.807, 2.05) is 0 Å². The molecule has 0 aliphatic heterocycles. The maximum absolute atomic E-state index is 2.32. The molecule has 0 aromatic heterocycles. The van der Waals surface area contributed by atoms with E-state index in [0.717, 1.165) is 6.42 Å². The molecule has 1 unspecified atom stereocenters. The second-order valence-electron chi connectivity index (χ2n) is 4.66. The van der Waals surface area contributed by atoms with Gasteiger partial charge in [-0.25, -0.2) is 0 Å². The number of aryl methyl sites for hydroxylation is 1. The van der Waals surface area contributed by atoms with Crippen molar-refractivity contribution in [2.75, 3.05) is 0 Å². The maximum atomic E-state index is 2.32. The summed E-state index contributed by atoms with van der Waals surface area (Å²) in [4.78, 5) is 0. The zero-order chi connectivity index (χ0) is 12.1. The summed E-state index contributed by atoms with van der Waals surface area (Å²) in [6, 6.07) is 19.4. The molecule has 2 rings (SSSR count). The Bertz CT molecular complexity index is 439. The molecular weight excluding hydrogens is 204 g/mol. The summed E-state index contributed by atoms with van der Waals surface area (Å²) in [5, 5.41) is 0. The Morgan fingerprint density at radius 1 is 0.941 bits per heavy atom. The zero-order valence-electron chi connectivity index (χ0n) is 10.6. The molecule has 0 aliphatic carbocycles. The Balaban J connectivity index is 1.92. The lowest BCUT2D eigenvalue weighted by atomic mass is 9.94. The quantitative estimate of drug-likeness (QED) is 0.702. The van der Waals surface area contributed by atoms with E-state index in [2.05, 4.69) is 74.9 Å². The molecule has 2 aromatic carbocycles. The van der Waals surface area contributed by atoms with Gasteiger partial charge in [-0.3, -0.25) is 0 Å². The van der Waals surface area contributed by atoms with Crippen LogP contribution >= 0.6 is 0 Å². The van der Waals surface area contributed by atoms with Crippen molar-refractivity contribution in [3.05, 3.63) is 77.7 Å². The van der Waals surface area contributed by atoms with Gasteiger partial charge in [0.1, 0.15) is 0 Å². The predicted octanol–water partition coefficient (Wildman–Crippen LogP) is 4.74. The Kier molecular flexibility index (Phi) is 3.98. The van der Waals surface area contributed by atoms with Gasteiger partial charge < -0.3 is 0 Å². The van der Waals surface area contributed by atoms with Crippen LogP contribution in [-0.4, -0.2) is 0 Å². The molecule has 0 spiro atoms. The fourth-order valence-electron chi connectivity index (χ4n) is 1.93. The standard InChI is InChI=1S/C17H19/c1-14-8-11-16(12-9-14)13-10-15(2)17-6-4-3-5-7-17/h3-9,11-13,15H,10H2,1-2H3. The lowest BCUT2D eigenvalue weighted by molar-refractivity contribution is 0.755. The molecule has 87 valence electrons. The van der Waals surface area contributed by atoms with E-state index in [-0.39, 0.29) is 0 Å². The van der Waals surface area contributed by atoms with Gasteiger partial charge in [0.25, 0.3) is 0 Å². The van der Waals surface area contributed by atoms with Gasteiger partial charge in [-0.1, -0.05) is 67.1 Å². The number of benzene rings is 2. The van der Waals surface area contributed by atoms with Crippen LogP contribution in [0, 0.1) is 13.3 Å². The summed E-state index contributed by atoms with van der Waals surface area (Å²) >= 11 is 0. The van der Waals surface area contributed by atoms with Crippen molar-refractivity contribution < 1.29 is 0 Å². The van der Waals surface area contributed by atoms with Crippen LogP contribution in [0.25, 0.3) is 0 Å². The van der Waals surface area contributed by atoms with Crippen molar-refractivity contribution in [2.45, 2.75) is 26.2 Å². The monoisotopic (exact) mass is 223 g/mol. The third-order valence-corrected chi connectivity index (χ3v) is 3.15. The molecule has 1 radical (unpaired) electrons. The Morgan fingerprint density at radius 2 is 1.59 bits per heavy atom. The second-order valence-corrected chi connectivity index (χ2v) is 4.66. The van der Waals surface area contributed by atoms with Gasteiger partial charge in [-0.2, -0.15) is 0 Å². The highest BCUT2D eigenvalue weighted by atomic mass is 14.1. The lowest BCUT2D eigenvalue weighted by Gasteiger charge is -2.11. The largest absolute Gasteiger partial charge is 0.0622 e. The first-order chi connectivity index (χ1) is 8.25. The van der Waals surface area contributed by atoms with Crippen molar-refractivity contribution in [1.29, 1.82) is 0 Å². The Labute approximate surface area is 104 Å². The van der Waals surface area contributed by atoms with Crippen LogP contribution in [0.1, 0.15) is 36.0 Å². The molecule has 0 saturated carbocycles. The van der Waals surface area contributed by atoms with E-state index in [0.29, 0.717) is 5.92 Å². The SMILES string of the molecule is Cc1ccc([CH]CC(C)c2ccccc2)cc1. The first-order valence-corrected chi connectivity index (χ1v) is 6.20. The average Bonchev–Trinajstić information content (AvgIpc) is 2.39. The summed E-state index contributed by atoms with van der Waals surface area (Å²) < 4.78 is 0. The van der Waals surface area contributed by atoms with E-state index in [1.54, 1.807) is 0 Å². The average molecular weight is 223 g/mol. The normalized spacial score (nSPS) is 12.4. The van der Waals surface area contributed by atoms with Crippen molar-refractivity contribution >= 4 is 0 Å². The molecule has 17 heavy (non-hydrogen) atoms. The van der Waals surface area contributed by atoms with E-state index in [1.165, 1.54) is 16.7 Å². The highest BCUT2D eigenvalue weighted by molar-refractivity contribution is 5.28. The summed E-state index contributed by atoms with van der Waals surface area (Å²) in [5.41, 5.74) is 4.05. The molecule has 0 heterocycles. The van der Waals surface area contributed by atoms with Gasteiger partial charge in [-0.15, -0.1) is 0 Å². The highest BCUT2D eigenvalue weighted by Crippen LogP contribution is 2.22. The molecule has 0 saturated heterocycles. The third-order valence-electron chi connectivity index (χ3n) is 3.15.